The Balaban J connectivity index is 2.05. The average Bonchev–Trinajstić information content (AvgIpc) is 2.54. The molecule has 1 aliphatic heterocycles. The second-order valence-electron chi connectivity index (χ2n) is 5.89. The maximum absolute atomic E-state index is 12.5. The van der Waals surface area contributed by atoms with E-state index in [0.717, 1.165) is 5.56 Å². The lowest BCUT2D eigenvalue weighted by Gasteiger charge is -2.32. The van der Waals surface area contributed by atoms with Gasteiger partial charge >= 0.3 is 5.97 Å². The third-order valence-corrected chi connectivity index (χ3v) is 4.08. The minimum absolute atomic E-state index is 0.126. The Kier molecular flexibility index (Phi) is 5.73. The first kappa shape index (κ1) is 17.0. The fraction of sp³-hybridized carbons (Fsp3) is 0.471. The smallest absolute Gasteiger partial charge is 0.308 e. The molecule has 0 aliphatic carbocycles. The lowest BCUT2D eigenvalue weighted by molar-refractivity contribution is -0.145. The molecule has 6 nitrogen and oxygen atoms in total. The van der Waals surface area contributed by atoms with Gasteiger partial charge < -0.3 is 15.3 Å². The average molecular weight is 318 g/mol. The van der Waals surface area contributed by atoms with Crippen molar-refractivity contribution in [2.45, 2.75) is 32.2 Å². The molecule has 0 spiro atoms. The van der Waals surface area contributed by atoms with Gasteiger partial charge in [0.05, 0.1) is 18.4 Å². The van der Waals surface area contributed by atoms with Crippen LogP contribution in [0.5, 0.6) is 0 Å². The normalized spacial score (nSPS) is 19.0. The molecule has 1 unspecified atom stereocenters. The summed E-state index contributed by atoms with van der Waals surface area (Å²) < 4.78 is 0. The summed E-state index contributed by atoms with van der Waals surface area (Å²) in [5.41, 5.74) is 0.864. The van der Waals surface area contributed by atoms with Gasteiger partial charge in [-0.25, -0.2) is 0 Å². The largest absolute Gasteiger partial charge is 0.481 e. The molecule has 2 amide bonds. The highest BCUT2D eigenvalue weighted by Crippen LogP contribution is 2.22. The van der Waals surface area contributed by atoms with E-state index in [1.165, 1.54) is 6.92 Å². The number of carboxylic acid groups (broad SMARTS) is 1. The summed E-state index contributed by atoms with van der Waals surface area (Å²) in [5.74, 6) is -1.68. The molecule has 1 aromatic carbocycles. The second-order valence-corrected chi connectivity index (χ2v) is 5.89. The van der Waals surface area contributed by atoms with E-state index in [9.17, 15) is 14.4 Å². The van der Waals surface area contributed by atoms with E-state index in [1.807, 2.05) is 30.3 Å². The van der Waals surface area contributed by atoms with Crippen LogP contribution >= 0.6 is 0 Å². The maximum atomic E-state index is 12.5. The lowest BCUT2D eigenvalue weighted by atomic mass is 9.97. The fourth-order valence-electron chi connectivity index (χ4n) is 2.89. The van der Waals surface area contributed by atoms with Gasteiger partial charge in [0.15, 0.2) is 0 Å². The topological polar surface area (TPSA) is 86.7 Å². The highest BCUT2D eigenvalue weighted by atomic mass is 16.4. The van der Waals surface area contributed by atoms with Gasteiger partial charge in [0.1, 0.15) is 0 Å². The molecule has 1 heterocycles. The van der Waals surface area contributed by atoms with Crippen LogP contribution in [0.2, 0.25) is 0 Å². The highest BCUT2D eigenvalue weighted by molar-refractivity contribution is 5.80. The van der Waals surface area contributed by atoms with Gasteiger partial charge in [-0.2, -0.15) is 0 Å². The van der Waals surface area contributed by atoms with Crippen LogP contribution < -0.4 is 5.32 Å². The lowest BCUT2D eigenvalue weighted by Crippen LogP contribution is -2.43. The van der Waals surface area contributed by atoms with Crippen LogP contribution in [-0.4, -0.2) is 40.9 Å². The highest BCUT2D eigenvalue weighted by Gasteiger charge is 2.29. The predicted molar refractivity (Wildman–Crippen MR) is 84.6 cm³/mol. The zero-order chi connectivity index (χ0) is 16.8. The van der Waals surface area contributed by atoms with Crippen molar-refractivity contribution in [2.75, 3.05) is 13.1 Å². The van der Waals surface area contributed by atoms with Gasteiger partial charge in [0, 0.05) is 20.0 Å². The molecule has 1 fully saturated rings. The predicted octanol–water partition coefficient (Wildman–Crippen LogP) is 1.58. The van der Waals surface area contributed by atoms with E-state index < -0.39 is 17.9 Å². The number of carboxylic acids is 1. The summed E-state index contributed by atoms with van der Waals surface area (Å²) in [7, 11) is 0. The monoisotopic (exact) mass is 318 g/mol. The Morgan fingerprint density at radius 1 is 1.30 bits per heavy atom. The van der Waals surface area contributed by atoms with Crippen molar-refractivity contribution in [2.24, 2.45) is 5.92 Å². The molecule has 0 bridgehead atoms. The first-order valence-electron chi connectivity index (χ1n) is 7.80. The molecule has 1 saturated heterocycles. The van der Waals surface area contributed by atoms with Crippen molar-refractivity contribution in [3.63, 3.8) is 0 Å². The quantitative estimate of drug-likeness (QED) is 0.863. The Hall–Kier alpha value is -2.37. The second kappa shape index (κ2) is 7.76. The van der Waals surface area contributed by atoms with Crippen molar-refractivity contribution < 1.29 is 19.5 Å². The number of hydrogen-bond acceptors (Lipinski definition) is 3. The molecular weight excluding hydrogens is 296 g/mol. The molecule has 0 saturated carbocycles. The summed E-state index contributed by atoms with van der Waals surface area (Å²) in [6.07, 6.45) is 1.43. The van der Waals surface area contributed by atoms with E-state index in [0.29, 0.717) is 19.4 Å². The minimum Gasteiger partial charge on any atom is -0.481 e. The van der Waals surface area contributed by atoms with Crippen LogP contribution in [0.1, 0.15) is 37.8 Å². The van der Waals surface area contributed by atoms with Crippen LogP contribution in [0.4, 0.5) is 0 Å². The van der Waals surface area contributed by atoms with Gasteiger partial charge in [-0.1, -0.05) is 30.3 Å². The summed E-state index contributed by atoms with van der Waals surface area (Å²) in [5, 5.41) is 11.9. The third-order valence-electron chi connectivity index (χ3n) is 4.08. The van der Waals surface area contributed by atoms with E-state index >= 15 is 0 Å². The number of rotatable bonds is 5. The molecular formula is C17H22N2O4. The van der Waals surface area contributed by atoms with Crippen molar-refractivity contribution in [1.29, 1.82) is 0 Å². The number of nitrogens with one attached hydrogen (secondary N) is 1. The fourth-order valence-corrected chi connectivity index (χ4v) is 2.89. The number of benzene rings is 1. The summed E-state index contributed by atoms with van der Waals surface area (Å²) in [4.78, 5) is 36.6. The molecule has 1 aromatic rings. The van der Waals surface area contributed by atoms with Crippen LogP contribution in [0.15, 0.2) is 30.3 Å². The molecule has 1 aliphatic rings. The molecule has 2 rings (SSSR count). The number of likely N-dealkylation sites (tertiary alicyclic amines) is 1. The minimum atomic E-state index is -0.857. The standard InChI is InChI=1S/C17H22N2O4/c1-12(20)18-15(13-6-3-2-4-7-13)10-16(21)19-9-5-8-14(11-19)17(22)23/h2-4,6-7,14-15H,5,8-11H2,1H3,(H,18,20)(H,22,23)/t14-,15?/m0/s1. The molecule has 124 valence electrons. The van der Waals surface area contributed by atoms with Gasteiger partial charge in [0.2, 0.25) is 11.8 Å². The number of carbonyl (C=O) groups excluding carboxylic acids is 2. The summed E-state index contributed by atoms with van der Waals surface area (Å²) >= 11 is 0. The number of nitrogens with zero attached hydrogens (tertiary/aromatic N) is 1. The van der Waals surface area contributed by atoms with Gasteiger partial charge in [-0.05, 0) is 18.4 Å². The Labute approximate surface area is 135 Å². The Bertz CT molecular complexity index is 573. The summed E-state index contributed by atoms with van der Waals surface area (Å²) in [6, 6.07) is 8.92. The SMILES string of the molecule is CC(=O)NC(CC(=O)N1CCC[C@H](C(=O)O)C1)c1ccccc1. The number of carbonyl (C=O) groups is 3. The van der Waals surface area contributed by atoms with E-state index in [4.69, 9.17) is 5.11 Å². The van der Waals surface area contributed by atoms with Crippen molar-refractivity contribution in [3.8, 4) is 0 Å². The van der Waals surface area contributed by atoms with Crippen molar-refractivity contribution in [1.82, 2.24) is 10.2 Å². The third kappa shape index (κ3) is 4.81. The first-order chi connectivity index (χ1) is 11.0. The Morgan fingerprint density at radius 3 is 2.61 bits per heavy atom. The molecule has 6 heteroatoms. The number of piperidine rings is 1. The van der Waals surface area contributed by atoms with Crippen molar-refractivity contribution in [3.05, 3.63) is 35.9 Å². The first-order valence-corrected chi connectivity index (χ1v) is 7.80. The van der Waals surface area contributed by atoms with Crippen LogP contribution in [0.3, 0.4) is 0 Å². The molecule has 0 aromatic heterocycles. The molecule has 23 heavy (non-hydrogen) atoms. The zero-order valence-corrected chi connectivity index (χ0v) is 13.2. The molecule has 2 N–H and O–H groups in total. The van der Waals surface area contributed by atoms with Gasteiger partial charge in [-0.3, -0.25) is 14.4 Å². The van der Waals surface area contributed by atoms with Crippen LogP contribution in [-0.2, 0) is 14.4 Å². The Morgan fingerprint density at radius 2 is 2.00 bits per heavy atom. The van der Waals surface area contributed by atoms with Gasteiger partial charge in [0.25, 0.3) is 0 Å². The van der Waals surface area contributed by atoms with Crippen LogP contribution in [0.25, 0.3) is 0 Å². The molecule has 2 atom stereocenters. The maximum Gasteiger partial charge on any atom is 0.308 e. The van der Waals surface area contributed by atoms with E-state index in [1.54, 1.807) is 4.90 Å². The van der Waals surface area contributed by atoms with Gasteiger partial charge in [-0.15, -0.1) is 0 Å². The van der Waals surface area contributed by atoms with Crippen LogP contribution in [0, 0.1) is 5.92 Å². The number of aliphatic carboxylic acids is 1. The number of hydrogen-bond donors (Lipinski definition) is 2. The summed E-state index contributed by atoms with van der Waals surface area (Å²) in [6.45, 7) is 2.24. The molecule has 0 radical (unpaired) electrons. The zero-order valence-electron chi connectivity index (χ0n) is 13.2. The number of amides is 2. The van der Waals surface area contributed by atoms with E-state index in [2.05, 4.69) is 5.32 Å². The van der Waals surface area contributed by atoms with E-state index in [-0.39, 0.29) is 24.8 Å². The van der Waals surface area contributed by atoms with Crippen molar-refractivity contribution >= 4 is 17.8 Å².